The SMILES string of the molecule is CNC1CCC2CCCC2N(CC2CCCC2)C1=O.CNC1CCC2CCCC2N(CC2CCCCC2)C1=O.CNC1CCC2CCCC2N(CC2CCCCCC2)C1=O.CNC1CCC2CCCC2N(CC2CCCCCO2)C1=O. The van der Waals surface area contributed by atoms with Crippen molar-refractivity contribution in [2.45, 2.75) is 305 Å². The Bertz CT molecular complexity index is 1830. The van der Waals surface area contributed by atoms with Gasteiger partial charge in [0, 0.05) is 57.0 Å². The highest BCUT2D eigenvalue weighted by Gasteiger charge is 2.45. The van der Waals surface area contributed by atoms with Gasteiger partial charge in [0.05, 0.1) is 30.3 Å². The predicted octanol–water partition coefficient (Wildman–Crippen LogP) is 11.2. The Balaban J connectivity index is 0.000000130. The zero-order chi connectivity index (χ0) is 56.5. The van der Waals surface area contributed by atoms with Crippen LogP contribution in [-0.2, 0) is 23.9 Å². The van der Waals surface area contributed by atoms with Crippen LogP contribution < -0.4 is 21.3 Å². The standard InChI is InChI=1S/C18H32N2O.C17H30N2O2.C17H30N2O.C16H28N2O/c1-19-16-12-11-15-9-6-10-17(15)20(18(16)21)13-14-7-4-2-3-5-8-14;1-18-15-10-9-13-6-5-8-16(13)19(17(15)20)12-14-7-3-2-4-11-21-14;1-18-15-11-10-14-8-5-9-16(14)19(17(15)20)12-13-6-3-2-4-7-13;1-17-14-10-9-13-7-4-8-15(13)18(16(14)19)11-12-5-2-3-6-12/h14-17,19H,2-13H2,1H3;13-16,18H,2-12H2,1H3;13-16,18H,2-12H2,1H3;12-15,17H,2-11H2,1H3. The average molecular weight is 1130 g/mol. The van der Waals surface area contributed by atoms with Crippen molar-refractivity contribution in [2.75, 3.05) is 61.0 Å². The largest absolute Gasteiger partial charge is 0.376 e. The first-order valence-electron chi connectivity index (χ1n) is 35.2. The first kappa shape index (κ1) is 63.2. The molecule has 462 valence electrons. The smallest absolute Gasteiger partial charge is 0.240 e. The molecule has 13 atom stereocenters. The van der Waals surface area contributed by atoms with Gasteiger partial charge in [-0.15, -0.1) is 0 Å². The van der Waals surface area contributed by atoms with Gasteiger partial charge in [-0.05, 0) is 224 Å². The fourth-order valence-electron chi connectivity index (χ4n) is 18.8. The van der Waals surface area contributed by atoms with Crippen LogP contribution in [-0.4, -0.2) is 159 Å². The maximum Gasteiger partial charge on any atom is 0.240 e. The summed E-state index contributed by atoms with van der Waals surface area (Å²) in [5.74, 6) is 6.87. The number of ether oxygens (including phenoxy) is 1. The maximum absolute atomic E-state index is 12.9. The van der Waals surface area contributed by atoms with Gasteiger partial charge in [0.2, 0.25) is 23.6 Å². The zero-order valence-electron chi connectivity index (χ0n) is 52.2. The van der Waals surface area contributed by atoms with E-state index in [0.717, 1.165) is 106 Å². The van der Waals surface area contributed by atoms with E-state index in [4.69, 9.17) is 4.74 Å². The molecule has 12 fully saturated rings. The molecular weight excluding hydrogens is 1010 g/mol. The minimum Gasteiger partial charge on any atom is -0.376 e. The molecule has 0 radical (unpaired) electrons. The second-order valence-corrected chi connectivity index (χ2v) is 28.5. The lowest BCUT2D eigenvalue weighted by Crippen LogP contribution is -2.51. The van der Waals surface area contributed by atoms with Gasteiger partial charge in [-0.1, -0.05) is 96.3 Å². The second-order valence-electron chi connectivity index (χ2n) is 28.5. The molecule has 0 aromatic rings. The van der Waals surface area contributed by atoms with Crippen molar-refractivity contribution in [3.63, 3.8) is 0 Å². The normalized spacial score (nSPS) is 36.5. The summed E-state index contributed by atoms with van der Waals surface area (Å²) >= 11 is 0. The van der Waals surface area contributed by atoms with Crippen molar-refractivity contribution in [1.82, 2.24) is 40.9 Å². The van der Waals surface area contributed by atoms with E-state index in [0.29, 0.717) is 47.8 Å². The number of hydrogen-bond acceptors (Lipinski definition) is 9. The van der Waals surface area contributed by atoms with Crippen LogP contribution in [0, 0.1) is 41.4 Å². The average Bonchev–Trinajstić information content (AvgIpc) is 4.38. The predicted molar refractivity (Wildman–Crippen MR) is 328 cm³/mol. The van der Waals surface area contributed by atoms with E-state index in [1.807, 2.05) is 28.2 Å². The van der Waals surface area contributed by atoms with Gasteiger partial charge in [-0.3, -0.25) is 19.2 Å². The molecule has 12 aliphatic rings. The summed E-state index contributed by atoms with van der Waals surface area (Å²) in [5, 5.41) is 13.0. The van der Waals surface area contributed by atoms with E-state index in [-0.39, 0.29) is 30.3 Å². The van der Waals surface area contributed by atoms with E-state index in [1.54, 1.807) is 0 Å². The van der Waals surface area contributed by atoms with Gasteiger partial charge in [0.25, 0.3) is 0 Å². The van der Waals surface area contributed by atoms with Crippen LogP contribution in [0.3, 0.4) is 0 Å². The first-order chi connectivity index (χ1) is 39.7. The fraction of sp³-hybridized carbons (Fsp3) is 0.941. The molecule has 13 unspecified atom stereocenters. The lowest BCUT2D eigenvalue weighted by molar-refractivity contribution is -0.138. The summed E-state index contributed by atoms with van der Waals surface area (Å²) in [6.07, 6.45) is 50.1. The monoisotopic (exact) mass is 1130 g/mol. The number of hydrogen-bond donors (Lipinski definition) is 4. The number of nitrogens with zero attached hydrogens (tertiary/aromatic N) is 4. The minimum atomic E-state index is 0.0152. The summed E-state index contributed by atoms with van der Waals surface area (Å²) in [6.45, 7) is 4.81. The Kier molecular flexibility index (Phi) is 25.3. The van der Waals surface area contributed by atoms with Crippen molar-refractivity contribution in [2.24, 2.45) is 41.4 Å². The number of nitrogens with one attached hydrogen (secondary N) is 4. The van der Waals surface area contributed by atoms with Gasteiger partial charge < -0.3 is 45.6 Å². The molecule has 12 rings (SSSR count). The number of likely N-dealkylation sites (tertiary alicyclic amines) is 4. The van der Waals surface area contributed by atoms with E-state index in [2.05, 4.69) is 40.9 Å². The molecule has 13 heteroatoms. The van der Waals surface area contributed by atoms with Gasteiger partial charge >= 0.3 is 0 Å². The molecule has 4 N–H and O–H groups in total. The number of carbonyl (C=O) groups is 4. The Hall–Kier alpha value is -2.32. The molecule has 7 aliphatic carbocycles. The summed E-state index contributed by atoms with van der Waals surface area (Å²) in [7, 11) is 7.76. The third kappa shape index (κ3) is 16.8. The highest BCUT2D eigenvalue weighted by atomic mass is 16.5. The molecule has 0 aromatic heterocycles. The Labute approximate surface area is 493 Å². The van der Waals surface area contributed by atoms with Crippen LogP contribution in [0.5, 0.6) is 0 Å². The van der Waals surface area contributed by atoms with Crippen LogP contribution in [0.25, 0.3) is 0 Å². The summed E-state index contributed by atoms with van der Waals surface area (Å²) < 4.78 is 6.00. The molecule has 5 aliphatic heterocycles. The molecular formula is C68H120N8O5. The summed E-state index contributed by atoms with van der Waals surface area (Å²) in [4.78, 5) is 60.6. The summed E-state index contributed by atoms with van der Waals surface area (Å²) in [6, 6.07) is 2.38. The molecule has 4 amide bonds. The minimum absolute atomic E-state index is 0.0152. The number of likely N-dealkylation sites (N-methyl/N-ethyl adjacent to an activating group) is 4. The fourth-order valence-corrected chi connectivity index (χ4v) is 18.8. The Morgan fingerprint density at radius 2 is 0.568 bits per heavy atom. The van der Waals surface area contributed by atoms with E-state index >= 15 is 0 Å². The highest BCUT2D eigenvalue weighted by molar-refractivity contribution is 5.84. The lowest BCUT2D eigenvalue weighted by atomic mass is 9.88. The number of carbonyl (C=O) groups excluding carboxylic acids is 4. The van der Waals surface area contributed by atoms with Crippen molar-refractivity contribution in [1.29, 1.82) is 0 Å². The van der Waals surface area contributed by atoms with Gasteiger partial charge in [0.1, 0.15) is 0 Å². The third-order valence-corrected chi connectivity index (χ3v) is 23.6. The molecule has 13 nitrogen and oxygen atoms in total. The van der Waals surface area contributed by atoms with Crippen molar-refractivity contribution >= 4 is 23.6 Å². The quantitative estimate of drug-likeness (QED) is 0.141. The second kappa shape index (κ2) is 32.4. The van der Waals surface area contributed by atoms with E-state index in [9.17, 15) is 19.2 Å². The molecule has 0 aromatic carbocycles. The topological polar surface area (TPSA) is 139 Å². The number of fused-ring (bicyclic) bond motifs is 4. The third-order valence-electron chi connectivity index (χ3n) is 23.6. The van der Waals surface area contributed by atoms with Crippen LogP contribution in [0.1, 0.15) is 250 Å². The van der Waals surface area contributed by atoms with E-state index < -0.39 is 0 Å². The molecule has 0 bridgehead atoms. The molecule has 7 saturated carbocycles. The van der Waals surface area contributed by atoms with Crippen LogP contribution >= 0.6 is 0 Å². The maximum atomic E-state index is 12.9. The van der Waals surface area contributed by atoms with Gasteiger partial charge in [-0.25, -0.2) is 0 Å². The number of amides is 4. The van der Waals surface area contributed by atoms with E-state index in [1.165, 1.54) is 218 Å². The van der Waals surface area contributed by atoms with Crippen LogP contribution in [0.2, 0.25) is 0 Å². The zero-order valence-corrected chi connectivity index (χ0v) is 52.2. The Morgan fingerprint density at radius 3 is 0.889 bits per heavy atom. The Morgan fingerprint density at radius 1 is 0.296 bits per heavy atom. The van der Waals surface area contributed by atoms with Gasteiger partial charge in [-0.2, -0.15) is 0 Å². The highest BCUT2D eigenvalue weighted by Crippen LogP contribution is 2.42. The molecule has 5 saturated heterocycles. The number of rotatable bonds is 12. The molecule has 0 spiro atoms. The van der Waals surface area contributed by atoms with Crippen molar-refractivity contribution in [3.8, 4) is 0 Å². The van der Waals surface area contributed by atoms with Crippen molar-refractivity contribution < 1.29 is 23.9 Å². The lowest BCUT2D eigenvalue weighted by Gasteiger charge is -2.36. The van der Waals surface area contributed by atoms with Crippen molar-refractivity contribution in [3.05, 3.63) is 0 Å². The molecule has 81 heavy (non-hydrogen) atoms. The van der Waals surface area contributed by atoms with Crippen LogP contribution in [0.15, 0.2) is 0 Å². The summed E-state index contributed by atoms with van der Waals surface area (Å²) in [5.41, 5.74) is 0. The first-order valence-corrected chi connectivity index (χ1v) is 35.2. The van der Waals surface area contributed by atoms with Crippen LogP contribution in [0.4, 0.5) is 0 Å². The van der Waals surface area contributed by atoms with Gasteiger partial charge in [0.15, 0.2) is 0 Å². The molecule has 5 heterocycles.